The number of rotatable bonds is 3. The van der Waals surface area contributed by atoms with Gasteiger partial charge in [-0.3, -0.25) is 13.8 Å². The highest BCUT2D eigenvalue weighted by Crippen LogP contribution is 2.15. The zero-order chi connectivity index (χ0) is 15.1. The van der Waals surface area contributed by atoms with Gasteiger partial charge in [0.25, 0.3) is 5.56 Å². The van der Waals surface area contributed by atoms with E-state index >= 15 is 0 Å². The second-order valence-corrected chi connectivity index (χ2v) is 5.09. The fourth-order valence-corrected chi connectivity index (χ4v) is 2.74. The van der Waals surface area contributed by atoms with Gasteiger partial charge in [-0.25, -0.2) is 0 Å². The Morgan fingerprint density at radius 3 is 2.77 bits per heavy atom. The summed E-state index contributed by atoms with van der Waals surface area (Å²) < 4.78 is 8.92. The Labute approximate surface area is 125 Å². The molecule has 0 fully saturated rings. The molecule has 4 aromatic rings. The van der Waals surface area contributed by atoms with Gasteiger partial charge in [-0.05, 0) is 24.3 Å². The Bertz CT molecular complexity index is 1010. The minimum Gasteiger partial charge on any atom is -0.467 e. The standard InChI is InChI=1S/C16H14N4O2/c1-2-14-17-18-16-19(10-11-6-5-9-22-11)15(21)12-7-3-4-8-13(12)20(14)16/h3-9H,2,10H2,1H3. The van der Waals surface area contributed by atoms with E-state index in [4.69, 9.17) is 4.42 Å². The molecule has 0 saturated heterocycles. The summed E-state index contributed by atoms with van der Waals surface area (Å²) >= 11 is 0. The Morgan fingerprint density at radius 2 is 2.00 bits per heavy atom. The van der Waals surface area contributed by atoms with E-state index in [-0.39, 0.29) is 5.56 Å². The minimum atomic E-state index is -0.0884. The summed E-state index contributed by atoms with van der Waals surface area (Å²) in [6.07, 6.45) is 2.34. The van der Waals surface area contributed by atoms with Crippen LogP contribution in [0.1, 0.15) is 18.5 Å². The van der Waals surface area contributed by atoms with Crippen LogP contribution in [0.4, 0.5) is 0 Å². The van der Waals surface area contributed by atoms with Crippen molar-refractivity contribution >= 4 is 16.7 Å². The lowest BCUT2D eigenvalue weighted by atomic mass is 10.2. The molecule has 0 saturated carbocycles. The number of hydrogen-bond acceptors (Lipinski definition) is 4. The molecule has 22 heavy (non-hydrogen) atoms. The molecule has 0 radical (unpaired) electrons. The quantitative estimate of drug-likeness (QED) is 0.581. The molecule has 0 bridgehead atoms. The number of nitrogens with zero attached hydrogens (tertiary/aromatic N) is 4. The molecule has 3 heterocycles. The van der Waals surface area contributed by atoms with Gasteiger partial charge in [-0.2, -0.15) is 0 Å². The van der Waals surface area contributed by atoms with Gasteiger partial charge < -0.3 is 4.42 Å². The fourth-order valence-electron chi connectivity index (χ4n) is 2.74. The molecule has 0 unspecified atom stereocenters. The first-order valence-electron chi connectivity index (χ1n) is 7.17. The van der Waals surface area contributed by atoms with Crippen molar-refractivity contribution in [2.24, 2.45) is 0 Å². The number of fused-ring (bicyclic) bond motifs is 3. The first kappa shape index (κ1) is 12.8. The van der Waals surface area contributed by atoms with Crippen LogP contribution in [0.2, 0.25) is 0 Å². The topological polar surface area (TPSA) is 65.3 Å². The maximum absolute atomic E-state index is 12.8. The molecule has 0 aliphatic heterocycles. The van der Waals surface area contributed by atoms with Crippen molar-refractivity contribution < 1.29 is 4.42 Å². The highest BCUT2D eigenvalue weighted by atomic mass is 16.3. The Morgan fingerprint density at radius 1 is 1.14 bits per heavy atom. The van der Waals surface area contributed by atoms with Gasteiger partial charge in [0.1, 0.15) is 11.6 Å². The van der Waals surface area contributed by atoms with E-state index in [1.54, 1.807) is 16.9 Å². The van der Waals surface area contributed by atoms with E-state index < -0.39 is 0 Å². The van der Waals surface area contributed by atoms with Crippen LogP contribution in [0.15, 0.2) is 51.9 Å². The highest BCUT2D eigenvalue weighted by Gasteiger charge is 2.16. The molecule has 6 nitrogen and oxygen atoms in total. The predicted octanol–water partition coefficient (Wildman–Crippen LogP) is 2.25. The maximum Gasteiger partial charge on any atom is 0.263 e. The summed E-state index contributed by atoms with van der Waals surface area (Å²) in [5.74, 6) is 2.08. The van der Waals surface area contributed by atoms with E-state index in [2.05, 4.69) is 10.2 Å². The first-order valence-corrected chi connectivity index (χ1v) is 7.17. The number of aryl methyl sites for hydroxylation is 1. The zero-order valence-corrected chi connectivity index (χ0v) is 12.1. The van der Waals surface area contributed by atoms with E-state index in [1.807, 2.05) is 41.7 Å². The molecule has 0 atom stereocenters. The number of aromatic nitrogens is 4. The highest BCUT2D eigenvalue weighted by molar-refractivity contribution is 5.80. The van der Waals surface area contributed by atoms with E-state index in [0.29, 0.717) is 23.5 Å². The summed E-state index contributed by atoms with van der Waals surface area (Å²) in [6, 6.07) is 11.2. The molecule has 3 aromatic heterocycles. The average Bonchev–Trinajstić information content (AvgIpc) is 3.20. The maximum atomic E-state index is 12.8. The summed E-state index contributed by atoms with van der Waals surface area (Å²) in [7, 11) is 0. The van der Waals surface area contributed by atoms with Crippen molar-refractivity contribution in [1.29, 1.82) is 0 Å². The SMILES string of the molecule is CCc1nnc2n(Cc3ccco3)c(=O)c3ccccc3n12. The number of hydrogen-bond donors (Lipinski definition) is 0. The van der Waals surface area contributed by atoms with Crippen LogP contribution in [-0.4, -0.2) is 19.2 Å². The van der Waals surface area contributed by atoms with Crippen LogP contribution in [0, 0.1) is 0 Å². The minimum absolute atomic E-state index is 0.0884. The van der Waals surface area contributed by atoms with E-state index in [9.17, 15) is 4.79 Å². The van der Waals surface area contributed by atoms with Crippen LogP contribution >= 0.6 is 0 Å². The molecule has 4 rings (SSSR count). The zero-order valence-electron chi connectivity index (χ0n) is 12.1. The van der Waals surface area contributed by atoms with Crippen molar-refractivity contribution in [2.45, 2.75) is 19.9 Å². The van der Waals surface area contributed by atoms with Gasteiger partial charge in [0.2, 0.25) is 5.78 Å². The summed E-state index contributed by atoms with van der Waals surface area (Å²) in [4.78, 5) is 12.8. The summed E-state index contributed by atoms with van der Waals surface area (Å²) in [5.41, 5.74) is 0.745. The lowest BCUT2D eigenvalue weighted by Gasteiger charge is -2.09. The van der Waals surface area contributed by atoms with E-state index in [1.165, 1.54) is 0 Å². The summed E-state index contributed by atoms with van der Waals surface area (Å²) in [6.45, 7) is 2.36. The monoisotopic (exact) mass is 294 g/mol. The molecule has 0 N–H and O–H groups in total. The molecule has 0 aliphatic carbocycles. The normalized spacial score (nSPS) is 11.5. The molecule has 0 aliphatic rings. The third-order valence-electron chi connectivity index (χ3n) is 3.79. The lowest BCUT2D eigenvalue weighted by Crippen LogP contribution is -2.24. The Hall–Kier alpha value is -2.89. The van der Waals surface area contributed by atoms with Gasteiger partial charge in [0.05, 0.1) is 23.7 Å². The third kappa shape index (κ3) is 1.77. The number of para-hydroxylation sites is 1. The molecular formula is C16H14N4O2. The van der Waals surface area contributed by atoms with Gasteiger partial charge in [0, 0.05) is 6.42 Å². The van der Waals surface area contributed by atoms with Crippen molar-refractivity contribution in [2.75, 3.05) is 0 Å². The van der Waals surface area contributed by atoms with Crippen LogP contribution < -0.4 is 5.56 Å². The van der Waals surface area contributed by atoms with Gasteiger partial charge in [0.15, 0.2) is 0 Å². The van der Waals surface area contributed by atoms with Crippen LogP contribution in [0.3, 0.4) is 0 Å². The number of benzene rings is 1. The van der Waals surface area contributed by atoms with E-state index in [0.717, 1.165) is 17.8 Å². The molecule has 0 amide bonds. The molecule has 0 spiro atoms. The van der Waals surface area contributed by atoms with Crippen LogP contribution in [0.5, 0.6) is 0 Å². The second-order valence-electron chi connectivity index (χ2n) is 5.09. The van der Waals surface area contributed by atoms with Gasteiger partial charge in [-0.1, -0.05) is 19.1 Å². The first-order chi connectivity index (χ1) is 10.8. The smallest absolute Gasteiger partial charge is 0.263 e. The Balaban J connectivity index is 2.12. The van der Waals surface area contributed by atoms with Crippen LogP contribution in [-0.2, 0) is 13.0 Å². The lowest BCUT2D eigenvalue weighted by molar-refractivity contribution is 0.492. The third-order valence-corrected chi connectivity index (χ3v) is 3.79. The molecule has 1 aromatic carbocycles. The molecule has 110 valence electrons. The van der Waals surface area contributed by atoms with Crippen molar-refractivity contribution in [3.8, 4) is 0 Å². The van der Waals surface area contributed by atoms with Crippen molar-refractivity contribution in [3.63, 3.8) is 0 Å². The average molecular weight is 294 g/mol. The van der Waals surface area contributed by atoms with Gasteiger partial charge in [-0.15, -0.1) is 10.2 Å². The molecular weight excluding hydrogens is 280 g/mol. The van der Waals surface area contributed by atoms with Crippen LogP contribution in [0.25, 0.3) is 16.7 Å². The van der Waals surface area contributed by atoms with Crippen molar-refractivity contribution in [1.82, 2.24) is 19.2 Å². The second kappa shape index (κ2) is 4.84. The summed E-state index contributed by atoms with van der Waals surface area (Å²) in [5, 5.41) is 9.08. The number of furan rings is 1. The fraction of sp³-hybridized carbons (Fsp3) is 0.188. The Kier molecular flexibility index (Phi) is 2.82. The van der Waals surface area contributed by atoms with Gasteiger partial charge >= 0.3 is 0 Å². The largest absolute Gasteiger partial charge is 0.467 e. The van der Waals surface area contributed by atoms with Crippen molar-refractivity contribution in [3.05, 3.63) is 64.6 Å². The predicted molar refractivity (Wildman–Crippen MR) is 81.9 cm³/mol. The molecule has 6 heteroatoms.